The summed E-state index contributed by atoms with van der Waals surface area (Å²) < 4.78 is 39.3. The largest absolute Gasteiger partial charge is 2.00 e. The molecule has 1 heterocycles. The zero-order valence-corrected chi connectivity index (χ0v) is 26.1. The first kappa shape index (κ1) is 35.7. The molecule has 0 aliphatic rings. The van der Waals surface area contributed by atoms with Gasteiger partial charge >= 0.3 is 18.6 Å². The van der Waals surface area contributed by atoms with Crippen LogP contribution in [0.5, 0.6) is 11.5 Å². The molecule has 7 nitrogen and oxygen atoms in total. The fourth-order valence-electron chi connectivity index (χ4n) is 4.68. The third-order valence-electron chi connectivity index (χ3n) is 6.76. The Morgan fingerprint density at radius 1 is 1.07 bits per heavy atom. The third-order valence-corrected chi connectivity index (χ3v) is 6.76. The number of aromatic nitrogens is 2. The average Bonchev–Trinajstić information content (AvgIpc) is 3.36. The van der Waals surface area contributed by atoms with Gasteiger partial charge in [-0.05, 0) is 67.8 Å². The molecule has 1 aromatic heterocycles. The second kappa shape index (κ2) is 17.6. The van der Waals surface area contributed by atoms with E-state index in [1.54, 1.807) is 37.4 Å². The predicted molar refractivity (Wildman–Crippen MR) is 159 cm³/mol. The number of fused-ring (bicyclic) bond motifs is 1. The number of hydrogen-bond donors (Lipinski definition) is 1. The second-order valence-electron chi connectivity index (χ2n) is 9.94. The van der Waals surface area contributed by atoms with E-state index in [-0.39, 0.29) is 43.4 Å². The molecule has 0 bridgehead atoms. The second-order valence-corrected chi connectivity index (χ2v) is 9.94. The number of carbonyl (C=O) groups excluding carboxylic acids is 2. The maximum atomic E-state index is 13.8. The quantitative estimate of drug-likeness (QED) is 0.0856. The molecule has 0 aliphatic heterocycles. The van der Waals surface area contributed by atoms with Gasteiger partial charge in [0.1, 0.15) is 11.6 Å². The summed E-state index contributed by atoms with van der Waals surface area (Å²) in [5.41, 5.74) is 1.79. The first-order valence-electron chi connectivity index (χ1n) is 13.8. The number of methoxy groups -OCH3 is 1. The van der Waals surface area contributed by atoms with E-state index in [0.29, 0.717) is 48.9 Å². The molecule has 3 aromatic carbocycles. The minimum atomic E-state index is -0.793. The molecule has 1 N–H and O–H groups in total. The van der Waals surface area contributed by atoms with Gasteiger partial charge < -0.3 is 31.7 Å². The van der Waals surface area contributed by atoms with Crippen LogP contribution in [0.1, 0.15) is 59.7 Å². The van der Waals surface area contributed by atoms with Crippen molar-refractivity contribution in [2.45, 2.75) is 45.6 Å². The van der Waals surface area contributed by atoms with Gasteiger partial charge in [0, 0.05) is 43.8 Å². The van der Waals surface area contributed by atoms with Crippen LogP contribution in [0, 0.1) is 31.0 Å². The SMILES string of the molecule is CCCC(CCCC(=O)c1ccc(Oc2ccc(F)cc2F)cc1)Cn1cc2[c-]c(C(=O)NCCOC)ccc2n1.[CH3-].[V+2]. The van der Waals surface area contributed by atoms with E-state index in [1.165, 1.54) is 6.07 Å². The van der Waals surface area contributed by atoms with E-state index >= 15 is 0 Å². The van der Waals surface area contributed by atoms with Crippen molar-refractivity contribution in [2.75, 3.05) is 20.3 Å². The van der Waals surface area contributed by atoms with E-state index in [9.17, 15) is 18.4 Å². The monoisotopic (exact) mass is 628 g/mol. The molecule has 1 amide bonds. The molecule has 0 spiro atoms. The summed E-state index contributed by atoms with van der Waals surface area (Å²) in [6.07, 6.45) is 5.96. The molecular formula is C33H37F2N3O4V. The van der Waals surface area contributed by atoms with E-state index < -0.39 is 11.6 Å². The smallest absolute Gasteiger partial charge is 0.454 e. The molecule has 4 rings (SSSR count). The van der Waals surface area contributed by atoms with Crippen LogP contribution in [0.3, 0.4) is 0 Å². The van der Waals surface area contributed by atoms with Crippen LogP contribution in [-0.4, -0.2) is 41.7 Å². The first-order chi connectivity index (χ1) is 19.9. The van der Waals surface area contributed by atoms with E-state index in [2.05, 4.69) is 23.4 Å². The van der Waals surface area contributed by atoms with Crippen molar-refractivity contribution < 1.29 is 46.4 Å². The fourth-order valence-corrected chi connectivity index (χ4v) is 4.68. The minimum absolute atomic E-state index is 0. The van der Waals surface area contributed by atoms with Crippen molar-refractivity contribution in [3.05, 3.63) is 97.0 Å². The van der Waals surface area contributed by atoms with Gasteiger partial charge in [0.15, 0.2) is 23.3 Å². The van der Waals surface area contributed by atoms with Crippen LogP contribution in [0.25, 0.3) is 10.9 Å². The number of hydrogen-bond acceptors (Lipinski definition) is 5. The van der Waals surface area contributed by atoms with E-state index in [1.807, 2.05) is 16.9 Å². The van der Waals surface area contributed by atoms with Gasteiger partial charge in [0.05, 0.1) is 6.61 Å². The maximum Gasteiger partial charge on any atom is 2.00 e. The van der Waals surface area contributed by atoms with Crippen molar-refractivity contribution in [3.63, 3.8) is 0 Å². The maximum absolute atomic E-state index is 13.8. The summed E-state index contributed by atoms with van der Waals surface area (Å²) in [6.45, 7) is 3.73. The van der Waals surface area contributed by atoms with Crippen LogP contribution in [0.4, 0.5) is 8.78 Å². The molecule has 1 atom stereocenters. The number of ketones is 1. The summed E-state index contributed by atoms with van der Waals surface area (Å²) in [6, 6.07) is 16.3. The summed E-state index contributed by atoms with van der Waals surface area (Å²) in [5, 5.41) is 8.24. The summed E-state index contributed by atoms with van der Waals surface area (Å²) in [5.74, 6) is -1.02. The number of amides is 1. The first-order valence-corrected chi connectivity index (χ1v) is 13.8. The van der Waals surface area contributed by atoms with E-state index in [4.69, 9.17) is 9.47 Å². The molecule has 1 unspecified atom stereocenters. The van der Waals surface area contributed by atoms with Crippen molar-refractivity contribution in [1.29, 1.82) is 0 Å². The van der Waals surface area contributed by atoms with Gasteiger partial charge in [-0.3, -0.25) is 4.79 Å². The summed E-state index contributed by atoms with van der Waals surface area (Å²) in [4.78, 5) is 25.1. The third kappa shape index (κ3) is 10.3. The summed E-state index contributed by atoms with van der Waals surface area (Å²) in [7, 11) is 1.58. The zero-order chi connectivity index (χ0) is 29.2. The number of nitrogens with zero attached hydrogens (tertiary/aromatic N) is 2. The molecule has 0 fully saturated rings. The zero-order valence-electron chi connectivity index (χ0n) is 24.7. The average molecular weight is 629 g/mol. The van der Waals surface area contributed by atoms with Crippen LogP contribution < -0.4 is 10.1 Å². The molecule has 227 valence electrons. The number of ether oxygens (including phenoxy) is 2. The molecule has 1 radical (unpaired) electrons. The molecule has 10 heteroatoms. The Balaban J connectivity index is 0.00000323. The van der Waals surface area contributed by atoms with Gasteiger partial charge in [-0.25, -0.2) is 13.9 Å². The van der Waals surface area contributed by atoms with Crippen LogP contribution in [0.15, 0.2) is 60.8 Å². The minimum Gasteiger partial charge on any atom is -0.454 e. The molecule has 43 heavy (non-hydrogen) atoms. The number of halogens is 2. The fraction of sp³-hybridized carbons (Fsp3) is 0.333. The Morgan fingerprint density at radius 3 is 2.53 bits per heavy atom. The Morgan fingerprint density at radius 2 is 1.84 bits per heavy atom. The Kier molecular flexibility index (Phi) is 14.6. The number of benzene rings is 3. The number of Topliss-reactive ketones (excluding diaryl/α,β-unsaturated/α-hetero) is 1. The number of carbonyl (C=O) groups is 2. The summed E-state index contributed by atoms with van der Waals surface area (Å²) >= 11 is 0. The van der Waals surface area contributed by atoms with Crippen LogP contribution in [-0.2, 0) is 29.8 Å². The van der Waals surface area contributed by atoms with Crippen LogP contribution >= 0.6 is 0 Å². The predicted octanol–water partition coefficient (Wildman–Crippen LogP) is 7.20. The van der Waals surface area contributed by atoms with Crippen molar-refractivity contribution in [2.24, 2.45) is 5.92 Å². The van der Waals surface area contributed by atoms with Crippen molar-refractivity contribution in [1.82, 2.24) is 15.1 Å². The molecule has 0 saturated carbocycles. The van der Waals surface area contributed by atoms with Gasteiger partial charge in [0.25, 0.3) is 0 Å². The van der Waals surface area contributed by atoms with Crippen LogP contribution in [0.2, 0.25) is 0 Å². The van der Waals surface area contributed by atoms with Gasteiger partial charge in [0.2, 0.25) is 0 Å². The number of nitrogens with one attached hydrogen (secondary N) is 1. The number of rotatable bonds is 15. The van der Waals surface area contributed by atoms with Gasteiger partial charge in [-0.2, -0.15) is 0 Å². The molecule has 0 saturated heterocycles. The van der Waals surface area contributed by atoms with Gasteiger partial charge in [-0.15, -0.1) is 18.2 Å². The Bertz CT molecular complexity index is 1480. The van der Waals surface area contributed by atoms with E-state index in [0.717, 1.165) is 48.7 Å². The Hall–Kier alpha value is -3.53. The van der Waals surface area contributed by atoms with Crippen molar-refractivity contribution in [3.8, 4) is 11.5 Å². The molecular weight excluding hydrogens is 591 g/mol. The normalized spacial score (nSPS) is 11.3. The Labute approximate surface area is 263 Å². The topological polar surface area (TPSA) is 82.5 Å². The standard InChI is InChI=1S/C32H34F2N3O4.CH3.V/c1-3-5-22(20-37-21-25-18-24(10-14-29(25)36-37)32(39)35-16-17-40-2)6-4-7-30(38)23-8-12-27(13-9-23)41-31-15-11-26(33)19-28(31)34;;/h8-15,19,21-22H,3-7,16-17,20H2,1-2H3,(H,35,39);1H3;/q2*-1;+2. The van der Waals surface area contributed by atoms with Crippen molar-refractivity contribution >= 4 is 22.6 Å². The molecule has 0 aliphatic carbocycles. The molecule has 4 aromatic rings. The van der Waals surface area contributed by atoms with Gasteiger partial charge in [-0.1, -0.05) is 24.3 Å².